The monoisotopic (exact) mass is 468 g/mol. The number of nitrogens with zero attached hydrogens (tertiary/aromatic N) is 1. The van der Waals surface area contributed by atoms with Gasteiger partial charge in [0.05, 0.1) is 6.10 Å². The Kier molecular flexibility index (Phi) is 7.21. The van der Waals surface area contributed by atoms with Gasteiger partial charge in [-0.05, 0) is 19.8 Å². The standard InChI is InChI=1S/C16H26N2O10P2/c1-10-27-30(10,24)28-13-11(6-4-3-5-9-29(21,22)23)26-15(14(13)25-2)18-8-7-12(19)17-16(18)20/h7-8,10-11,13-15H,3-6,9H2,1-2H3,(H,17,19,20)(H2,21,22,23)/t10-,11+,13+,14+,15+,30?/m0/s1. The highest BCUT2D eigenvalue weighted by Crippen LogP contribution is 2.71. The number of rotatable bonds is 10. The van der Waals surface area contributed by atoms with Gasteiger partial charge < -0.3 is 19.3 Å². The Balaban J connectivity index is 1.74. The van der Waals surface area contributed by atoms with Crippen LogP contribution in [0.2, 0.25) is 0 Å². The number of hydrogen-bond acceptors (Lipinski definition) is 8. The average Bonchev–Trinajstić information content (AvgIpc) is 3.09. The van der Waals surface area contributed by atoms with Crippen LogP contribution < -0.4 is 11.2 Å². The predicted octanol–water partition coefficient (Wildman–Crippen LogP) is 1.14. The van der Waals surface area contributed by atoms with Crippen LogP contribution in [-0.4, -0.2) is 56.8 Å². The first kappa shape index (κ1) is 23.6. The van der Waals surface area contributed by atoms with E-state index < -0.39 is 56.8 Å². The van der Waals surface area contributed by atoms with Crippen LogP contribution in [0.4, 0.5) is 0 Å². The maximum absolute atomic E-state index is 12.5. The van der Waals surface area contributed by atoms with Crippen LogP contribution in [0.15, 0.2) is 21.9 Å². The molecule has 1 aromatic heterocycles. The largest absolute Gasteiger partial charge is 0.374 e. The van der Waals surface area contributed by atoms with Gasteiger partial charge in [0, 0.05) is 25.5 Å². The van der Waals surface area contributed by atoms with Gasteiger partial charge in [0.25, 0.3) is 5.56 Å². The van der Waals surface area contributed by atoms with Gasteiger partial charge in [0.15, 0.2) is 12.1 Å². The summed E-state index contributed by atoms with van der Waals surface area (Å²) in [5.41, 5.74) is -1.24. The van der Waals surface area contributed by atoms with Crippen LogP contribution in [-0.2, 0) is 27.7 Å². The van der Waals surface area contributed by atoms with Gasteiger partial charge in [-0.2, -0.15) is 0 Å². The quantitative estimate of drug-likeness (QED) is 0.257. The highest BCUT2D eigenvalue weighted by atomic mass is 31.2. The lowest BCUT2D eigenvalue weighted by molar-refractivity contribution is -0.0548. The first-order valence-corrected chi connectivity index (χ1v) is 13.0. The van der Waals surface area contributed by atoms with Crippen molar-refractivity contribution < 1.29 is 37.4 Å². The molecule has 3 N–H and O–H groups in total. The van der Waals surface area contributed by atoms with Gasteiger partial charge >= 0.3 is 20.9 Å². The van der Waals surface area contributed by atoms with Crippen molar-refractivity contribution in [3.8, 4) is 0 Å². The number of aromatic amines is 1. The molecule has 0 radical (unpaired) electrons. The molecule has 0 bridgehead atoms. The molecule has 6 atom stereocenters. The maximum atomic E-state index is 12.5. The van der Waals surface area contributed by atoms with E-state index in [0.29, 0.717) is 25.7 Å². The molecule has 3 heterocycles. The first-order valence-electron chi connectivity index (χ1n) is 9.55. The molecule has 0 aliphatic carbocycles. The molecule has 1 unspecified atom stereocenters. The number of methoxy groups -OCH3 is 1. The van der Waals surface area contributed by atoms with Gasteiger partial charge in [0.2, 0.25) is 0 Å². The maximum Gasteiger partial charge on any atom is 0.360 e. The number of ether oxygens (including phenoxy) is 2. The van der Waals surface area contributed by atoms with E-state index in [1.165, 1.54) is 23.9 Å². The molecule has 0 spiro atoms. The smallest absolute Gasteiger partial charge is 0.360 e. The molecule has 0 amide bonds. The number of nitrogens with one attached hydrogen (secondary N) is 1. The molecule has 2 saturated heterocycles. The molecule has 2 aliphatic rings. The Labute approximate surface area is 172 Å². The van der Waals surface area contributed by atoms with Crippen molar-refractivity contribution in [2.24, 2.45) is 0 Å². The van der Waals surface area contributed by atoms with Crippen molar-refractivity contribution in [2.45, 2.75) is 63.0 Å². The Morgan fingerprint density at radius 2 is 1.97 bits per heavy atom. The Bertz CT molecular complexity index is 956. The molecule has 1 aromatic rings. The van der Waals surface area contributed by atoms with Crippen molar-refractivity contribution >= 4 is 15.2 Å². The van der Waals surface area contributed by atoms with Crippen LogP contribution in [0, 0.1) is 0 Å². The lowest BCUT2D eigenvalue weighted by atomic mass is 10.0. The molecule has 14 heteroatoms. The zero-order chi connectivity index (χ0) is 22.1. The van der Waals surface area contributed by atoms with Crippen molar-refractivity contribution in [3.05, 3.63) is 33.1 Å². The number of unbranched alkanes of at least 4 members (excludes halogenated alkanes) is 2. The minimum Gasteiger partial charge on any atom is -0.374 e. The summed E-state index contributed by atoms with van der Waals surface area (Å²) >= 11 is 0. The Morgan fingerprint density at radius 1 is 1.27 bits per heavy atom. The SMILES string of the molecule is CO[C@@H]1[C@H](OP2(=O)O[C@@H]2C)[C@@H](CCCCCP(=O)(O)O)O[C@H]1n1ccc(=O)[nH]c1=O. The number of hydrogen-bond donors (Lipinski definition) is 3. The van der Waals surface area contributed by atoms with E-state index in [1.807, 2.05) is 0 Å². The van der Waals surface area contributed by atoms with E-state index in [-0.39, 0.29) is 6.16 Å². The molecule has 2 aliphatic heterocycles. The summed E-state index contributed by atoms with van der Waals surface area (Å²) in [7, 11) is -5.89. The summed E-state index contributed by atoms with van der Waals surface area (Å²) in [5.74, 6) is -0.534. The van der Waals surface area contributed by atoms with Crippen LogP contribution >= 0.6 is 15.2 Å². The van der Waals surface area contributed by atoms with E-state index in [9.17, 15) is 18.7 Å². The fourth-order valence-electron chi connectivity index (χ4n) is 3.48. The molecule has 12 nitrogen and oxygen atoms in total. The molecular formula is C16H26N2O10P2. The summed E-state index contributed by atoms with van der Waals surface area (Å²) in [6.45, 7) is 1.62. The Morgan fingerprint density at radius 3 is 2.53 bits per heavy atom. The third-order valence-electron chi connectivity index (χ3n) is 5.09. The van der Waals surface area contributed by atoms with Gasteiger partial charge in [-0.15, -0.1) is 0 Å². The van der Waals surface area contributed by atoms with Crippen LogP contribution in [0.3, 0.4) is 0 Å². The molecule has 0 aromatic carbocycles. The minimum atomic E-state index is -4.04. The number of H-pyrrole nitrogens is 1. The van der Waals surface area contributed by atoms with Crippen LogP contribution in [0.25, 0.3) is 0 Å². The van der Waals surface area contributed by atoms with Gasteiger partial charge in [-0.25, -0.2) is 4.79 Å². The van der Waals surface area contributed by atoms with Gasteiger partial charge in [-0.1, -0.05) is 12.8 Å². The molecule has 30 heavy (non-hydrogen) atoms. The van der Waals surface area contributed by atoms with E-state index in [4.69, 9.17) is 28.3 Å². The number of aromatic nitrogens is 2. The molecule has 170 valence electrons. The summed E-state index contributed by atoms with van der Waals surface area (Å²) in [4.78, 5) is 43.6. The van der Waals surface area contributed by atoms with Crippen molar-refractivity contribution in [1.82, 2.24) is 9.55 Å². The van der Waals surface area contributed by atoms with E-state index in [1.54, 1.807) is 6.92 Å². The lowest BCUT2D eigenvalue weighted by Gasteiger charge is -2.22. The minimum absolute atomic E-state index is 0.199. The predicted molar refractivity (Wildman–Crippen MR) is 104 cm³/mol. The topological polar surface area (TPSA) is 170 Å². The van der Waals surface area contributed by atoms with Crippen molar-refractivity contribution in [3.63, 3.8) is 0 Å². The zero-order valence-corrected chi connectivity index (χ0v) is 18.4. The van der Waals surface area contributed by atoms with Gasteiger partial charge in [-0.3, -0.25) is 32.5 Å². The highest BCUT2D eigenvalue weighted by molar-refractivity contribution is 7.60. The lowest BCUT2D eigenvalue weighted by Crippen LogP contribution is -2.39. The van der Waals surface area contributed by atoms with Gasteiger partial charge in [0.1, 0.15) is 12.2 Å². The fraction of sp³-hybridized carbons (Fsp3) is 0.750. The van der Waals surface area contributed by atoms with E-state index in [0.717, 1.165) is 0 Å². The normalized spacial score (nSPS) is 33.7. The summed E-state index contributed by atoms with van der Waals surface area (Å²) < 4.78 is 47.0. The van der Waals surface area contributed by atoms with Crippen LogP contribution in [0.5, 0.6) is 0 Å². The molecule has 3 rings (SSSR count). The first-order chi connectivity index (χ1) is 14.0. The third-order valence-corrected chi connectivity index (χ3v) is 7.92. The second-order valence-electron chi connectivity index (χ2n) is 7.34. The van der Waals surface area contributed by atoms with E-state index in [2.05, 4.69) is 4.98 Å². The van der Waals surface area contributed by atoms with E-state index >= 15 is 0 Å². The second kappa shape index (κ2) is 9.18. The third kappa shape index (κ3) is 5.57. The average molecular weight is 468 g/mol. The highest BCUT2D eigenvalue weighted by Gasteiger charge is 2.57. The zero-order valence-electron chi connectivity index (χ0n) is 16.6. The summed E-state index contributed by atoms with van der Waals surface area (Å²) in [5, 5.41) is 0. The van der Waals surface area contributed by atoms with Crippen molar-refractivity contribution in [2.75, 3.05) is 13.3 Å². The second-order valence-corrected chi connectivity index (χ2v) is 11.3. The Hall–Kier alpha value is -1.10. The summed E-state index contributed by atoms with van der Waals surface area (Å²) in [6, 6.07) is 1.18. The summed E-state index contributed by atoms with van der Waals surface area (Å²) in [6.07, 6.45) is -0.149. The fourth-order valence-corrected chi connectivity index (χ4v) is 5.53. The molecular weight excluding hydrogens is 442 g/mol. The molecule has 2 fully saturated rings. The van der Waals surface area contributed by atoms with Crippen LogP contribution in [0.1, 0.15) is 38.8 Å². The van der Waals surface area contributed by atoms with Crippen molar-refractivity contribution in [1.29, 1.82) is 0 Å². The molecule has 0 saturated carbocycles.